The normalized spacial score (nSPS) is 11.3. The van der Waals surface area contributed by atoms with Gasteiger partial charge in [-0.25, -0.2) is 9.97 Å². The molecule has 2 aromatic carbocycles. The van der Waals surface area contributed by atoms with Crippen LogP contribution in [0.2, 0.25) is 0 Å². The molecule has 6 nitrogen and oxygen atoms in total. The lowest BCUT2D eigenvalue weighted by Crippen LogP contribution is -2.17. The molecule has 0 radical (unpaired) electrons. The molecule has 1 heterocycles. The van der Waals surface area contributed by atoms with Crippen LogP contribution < -0.4 is 14.8 Å². The third-order valence-corrected chi connectivity index (χ3v) is 3.43. The average Bonchev–Trinajstić information content (AvgIpc) is 2.68. The van der Waals surface area contributed by atoms with Gasteiger partial charge in [0.25, 0.3) is 0 Å². The van der Waals surface area contributed by atoms with Crippen molar-refractivity contribution in [2.75, 3.05) is 5.32 Å². The predicted octanol–water partition coefficient (Wildman–Crippen LogP) is 4.82. The number of nitrogens with one attached hydrogen (secondary N) is 1. The molecule has 0 unspecified atom stereocenters. The quantitative estimate of drug-likeness (QED) is 0.600. The molecule has 3 rings (SSSR count). The summed E-state index contributed by atoms with van der Waals surface area (Å²) < 4.78 is 46.7. The van der Waals surface area contributed by atoms with Gasteiger partial charge in [0.1, 0.15) is 11.5 Å². The zero-order chi connectivity index (χ0) is 20.7. The minimum Gasteiger partial charge on any atom is -0.424 e. The van der Waals surface area contributed by atoms with Crippen molar-refractivity contribution in [1.82, 2.24) is 9.97 Å². The molecule has 0 aliphatic rings. The number of aromatic nitrogens is 2. The molecular formula is C20H14F3N3O3. The van der Waals surface area contributed by atoms with Crippen LogP contribution in [0.25, 0.3) is 6.08 Å². The van der Waals surface area contributed by atoms with Crippen LogP contribution in [-0.2, 0) is 4.79 Å². The number of para-hydroxylation sites is 1. The van der Waals surface area contributed by atoms with E-state index in [1.807, 2.05) is 0 Å². The third kappa shape index (κ3) is 6.35. The zero-order valence-electron chi connectivity index (χ0n) is 14.8. The van der Waals surface area contributed by atoms with Gasteiger partial charge in [0.15, 0.2) is 0 Å². The Morgan fingerprint density at radius 3 is 2.34 bits per heavy atom. The largest absolute Gasteiger partial charge is 0.573 e. The molecule has 0 fully saturated rings. The van der Waals surface area contributed by atoms with Gasteiger partial charge in [-0.05, 0) is 42.5 Å². The van der Waals surface area contributed by atoms with Gasteiger partial charge < -0.3 is 14.8 Å². The molecule has 9 heteroatoms. The molecule has 0 saturated carbocycles. The maximum atomic E-state index is 12.4. The highest BCUT2D eigenvalue weighted by atomic mass is 19.4. The van der Waals surface area contributed by atoms with Crippen LogP contribution in [0.1, 0.15) is 5.56 Å². The first-order chi connectivity index (χ1) is 13.9. The maximum Gasteiger partial charge on any atom is 0.573 e. The number of amides is 1. The predicted molar refractivity (Wildman–Crippen MR) is 99.3 cm³/mol. The fourth-order valence-corrected chi connectivity index (χ4v) is 2.24. The monoisotopic (exact) mass is 401 g/mol. The van der Waals surface area contributed by atoms with Crippen LogP contribution in [0.4, 0.5) is 18.9 Å². The number of benzene rings is 2. The van der Waals surface area contributed by atoms with Crippen molar-refractivity contribution in [3.63, 3.8) is 0 Å². The Morgan fingerprint density at radius 1 is 0.966 bits per heavy atom. The summed E-state index contributed by atoms with van der Waals surface area (Å²) >= 11 is 0. The van der Waals surface area contributed by atoms with E-state index in [2.05, 4.69) is 20.0 Å². The topological polar surface area (TPSA) is 73.3 Å². The number of carbonyl (C=O) groups is 1. The lowest BCUT2D eigenvalue weighted by atomic mass is 10.2. The summed E-state index contributed by atoms with van der Waals surface area (Å²) in [5.74, 6) is -0.441. The summed E-state index contributed by atoms with van der Waals surface area (Å²) in [5.41, 5.74) is 0.590. The lowest BCUT2D eigenvalue weighted by molar-refractivity contribution is -0.274. The molecule has 0 atom stereocenters. The second-order valence-electron chi connectivity index (χ2n) is 5.57. The number of ether oxygens (including phenoxy) is 2. The number of carbonyl (C=O) groups excluding carboxylic acids is 1. The van der Waals surface area contributed by atoms with Crippen LogP contribution in [0, 0.1) is 0 Å². The van der Waals surface area contributed by atoms with E-state index in [0.717, 1.165) is 6.08 Å². The Bertz CT molecular complexity index is 991. The number of hydrogen-bond acceptors (Lipinski definition) is 5. The first kappa shape index (κ1) is 19.9. The van der Waals surface area contributed by atoms with Crippen LogP contribution in [0.3, 0.4) is 0 Å². The van der Waals surface area contributed by atoms with Gasteiger partial charge in [-0.2, -0.15) is 0 Å². The Kier molecular flexibility index (Phi) is 6.08. The number of hydrogen-bond donors (Lipinski definition) is 1. The fourth-order valence-electron chi connectivity index (χ4n) is 2.24. The molecule has 0 aliphatic carbocycles. The first-order valence-electron chi connectivity index (χ1n) is 8.28. The minimum absolute atomic E-state index is 0.117. The molecule has 1 N–H and O–H groups in total. The molecule has 148 valence electrons. The fraction of sp³-hybridized carbons (Fsp3) is 0.0500. The van der Waals surface area contributed by atoms with Gasteiger partial charge in [0.2, 0.25) is 5.91 Å². The zero-order valence-corrected chi connectivity index (χ0v) is 14.8. The maximum absolute atomic E-state index is 12.4. The highest BCUT2D eigenvalue weighted by Gasteiger charge is 2.31. The Balaban J connectivity index is 1.61. The van der Waals surface area contributed by atoms with E-state index in [1.165, 1.54) is 30.3 Å². The van der Waals surface area contributed by atoms with E-state index in [4.69, 9.17) is 4.74 Å². The van der Waals surface area contributed by atoms with Crippen molar-refractivity contribution < 1.29 is 27.4 Å². The second-order valence-corrected chi connectivity index (χ2v) is 5.57. The van der Waals surface area contributed by atoms with Crippen molar-refractivity contribution in [3.05, 3.63) is 78.6 Å². The Morgan fingerprint density at radius 2 is 1.66 bits per heavy atom. The summed E-state index contributed by atoms with van der Waals surface area (Å²) in [5, 5.41) is 2.60. The number of halogens is 3. The van der Waals surface area contributed by atoms with Crippen molar-refractivity contribution in [2.45, 2.75) is 6.36 Å². The number of rotatable bonds is 6. The smallest absolute Gasteiger partial charge is 0.424 e. The van der Waals surface area contributed by atoms with Gasteiger partial charge >= 0.3 is 12.4 Å². The summed E-state index contributed by atoms with van der Waals surface area (Å²) in [6.45, 7) is 0. The van der Waals surface area contributed by atoms with Crippen molar-refractivity contribution >= 4 is 17.7 Å². The van der Waals surface area contributed by atoms with E-state index in [0.29, 0.717) is 11.4 Å². The molecular weight excluding hydrogens is 387 g/mol. The standard InChI is InChI=1S/C20H14F3N3O3/c21-20(22,23)29-17-5-2-1-4-14(17)6-11-18(27)26-15-7-9-16(10-8-15)28-19-24-12-3-13-25-19/h1-13H,(H,26,27). The summed E-state index contributed by atoms with van der Waals surface area (Å²) in [6.07, 6.45) is 0.616. The van der Waals surface area contributed by atoms with E-state index in [-0.39, 0.29) is 11.6 Å². The van der Waals surface area contributed by atoms with E-state index < -0.39 is 18.0 Å². The van der Waals surface area contributed by atoms with Crippen LogP contribution in [0.5, 0.6) is 17.5 Å². The SMILES string of the molecule is O=C(C=Cc1ccccc1OC(F)(F)F)Nc1ccc(Oc2ncccn2)cc1. The highest BCUT2D eigenvalue weighted by Crippen LogP contribution is 2.27. The molecule has 3 aromatic rings. The van der Waals surface area contributed by atoms with E-state index in [1.54, 1.807) is 42.7 Å². The van der Waals surface area contributed by atoms with Gasteiger partial charge in [-0.3, -0.25) is 4.79 Å². The second kappa shape index (κ2) is 8.87. The molecule has 0 bridgehead atoms. The van der Waals surface area contributed by atoms with Gasteiger partial charge in [-0.15, -0.1) is 13.2 Å². The number of alkyl halides is 3. The number of anilines is 1. The minimum atomic E-state index is -4.82. The Hall–Kier alpha value is -3.88. The highest BCUT2D eigenvalue weighted by molar-refractivity contribution is 6.02. The lowest BCUT2D eigenvalue weighted by Gasteiger charge is -2.11. The van der Waals surface area contributed by atoms with Crippen molar-refractivity contribution in [2.24, 2.45) is 0 Å². The molecule has 1 amide bonds. The van der Waals surface area contributed by atoms with Crippen LogP contribution >= 0.6 is 0 Å². The third-order valence-electron chi connectivity index (χ3n) is 3.43. The Labute approximate surface area is 163 Å². The van der Waals surface area contributed by atoms with E-state index in [9.17, 15) is 18.0 Å². The number of nitrogens with zero attached hydrogens (tertiary/aromatic N) is 2. The molecule has 0 aliphatic heterocycles. The summed E-state index contributed by atoms with van der Waals surface area (Å²) in [4.78, 5) is 19.9. The van der Waals surface area contributed by atoms with Crippen molar-refractivity contribution in [3.8, 4) is 17.5 Å². The van der Waals surface area contributed by atoms with Gasteiger partial charge in [0.05, 0.1) is 0 Å². The van der Waals surface area contributed by atoms with Crippen molar-refractivity contribution in [1.29, 1.82) is 0 Å². The average molecular weight is 401 g/mol. The summed E-state index contributed by atoms with van der Waals surface area (Å²) in [7, 11) is 0. The van der Waals surface area contributed by atoms with Crippen LogP contribution in [0.15, 0.2) is 73.1 Å². The molecule has 0 saturated heterocycles. The van der Waals surface area contributed by atoms with Gasteiger partial charge in [0, 0.05) is 29.7 Å². The van der Waals surface area contributed by atoms with E-state index >= 15 is 0 Å². The molecule has 1 aromatic heterocycles. The molecule has 29 heavy (non-hydrogen) atoms. The molecule has 0 spiro atoms. The summed E-state index contributed by atoms with van der Waals surface area (Å²) in [6, 6.07) is 13.8. The first-order valence-corrected chi connectivity index (χ1v) is 8.28. The van der Waals surface area contributed by atoms with Crippen LogP contribution in [-0.4, -0.2) is 22.2 Å². The van der Waals surface area contributed by atoms with Gasteiger partial charge in [-0.1, -0.05) is 18.2 Å².